The summed E-state index contributed by atoms with van der Waals surface area (Å²) >= 11 is 0. The van der Waals surface area contributed by atoms with Gasteiger partial charge in [-0.25, -0.2) is 4.79 Å². The first-order valence-corrected chi connectivity index (χ1v) is 4.95. The van der Waals surface area contributed by atoms with Crippen molar-refractivity contribution in [1.29, 1.82) is 0 Å². The molecule has 1 aliphatic rings. The number of nitrogens with one attached hydrogen (secondary N) is 1. The van der Waals surface area contributed by atoms with Gasteiger partial charge in [-0.15, -0.1) is 0 Å². The van der Waals surface area contributed by atoms with Crippen molar-refractivity contribution < 1.29 is 19.8 Å². The molecule has 0 spiro atoms. The number of hydrogen-bond donors (Lipinski definition) is 3. The minimum Gasteiger partial charge on any atom is -0.506 e. The molecule has 5 heteroatoms. The first kappa shape index (κ1) is 10.5. The Morgan fingerprint density at radius 1 is 1.31 bits per heavy atom. The van der Waals surface area contributed by atoms with Crippen LogP contribution in [0, 0.1) is 5.92 Å². The molecule has 2 rings (SSSR count). The van der Waals surface area contributed by atoms with E-state index in [0.29, 0.717) is 0 Å². The van der Waals surface area contributed by atoms with Crippen molar-refractivity contribution in [2.45, 2.75) is 12.8 Å². The van der Waals surface area contributed by atoms with Gasteiger partial charge >= 0.3 is 5.97 Å². The molecule has 1 aliphatic carbocycles. The number of aromatic hydroxyl groups is 1. The fourth-order valence-corrected chi connectivity index (χ4v) is 1.35. The molecule has 0 atom stereocenters. The second-order valence-corrected chi connectivity index (χ2v) is 3.80. The highest BCUT2D eigenvalue weighted by molar-refractivity contribution is 5.96. The summed E-state index contributed by atoms with van der Waals surface area (Å²) in [6.45, 7) is 0. The van der Waals surface area contributed by atoms with Crippen LogP contribution < -0.4 is 5.32 Å². The number of anilines is 1. The van der Waals surface area contributed by atoms with E-state index in [1.54, 1.807) is 0 Å². The molecule has 1 saturated carbocycles. The van der Waals surface area contributed by atoms with Crippen LogP contribution in [0.25, 0.3) is 0 Å². The molecule has 1 aromatic carbocycles. The number of phenols is 1. The molecule has 0 bridgehead atoms. The van der Waals surface area contributed by atoms with Gasteiger partial charge in [0.2, 0.25) is 5.91 Å². The predicted octanol–water partition coefficient (Wildman–Crippen LogP) is 1.44. The van der Waals surface area contributed by atoms with Crippen molar-refractivity contribution in [2.24, 2.45) is 5.92 Å². The molecule has 0 radical (unpaired) electrons. The second kappa shape index (κ2) is 3.84. The highest BCUT2D eigenvalue weighted by Gasteiger charge is 2.30. The van der Waals surface area contributed by atoms with E-state index < -0.39 is 5.97 Å². The minimum atomic E-state index is -1.12. The van der Waals surface area contributed by atoms with Crippen LogP contribution in [0.5, 0.6) is 5.75 Å². The van der Waals surface area contributed by atoms with E-state index in [1.807, 2.05) is 0 Å². The SMILES string of the molecule is O=C(O)c1ccc(NC(=O)C2CC2)c(O)c1. The Morgan fingerprint density at radius 3 is 2.50 bits per heavy atom. The van der Waals surface area contributed by atoms with Crippen LogP contribution in [-0.4, -0.2) is 22.1 Å². The first-order valence-electron chi connectivity index (χ1n) is 4.95. The fraction of sp³-hybridized carbons (Fsp3) is 0.273. The monoisotopic (exact) mass is 221 g/mol. The number of carbonyl (C=O) groups excluding carboxylic acids is 1. The van der Waals surface area contributed by atoms with Gasteiger partial charge in [-0.05, 0) is 31.0 Å². The number of carboxylic acid groups (broad SMARTS) is 1. The number of aromatic carboxylic acids is 1. The van der Waals surface area contributed by atoms with Gasteiger partial charge in [0, 0.05) is 5.92 Å². The van der Waals surface area contributed by atoms with Crippen molar-refractivity contribution in [2.75, 3.05) is 5.32 Å². The molecule has 1 aromatic rings. The maximum Gasteiger partial charge on any atom is 0.335 e. The largest absolute Gasteiger partial charge is 0.506 e. The van der Waals surface area contributed by atoms with Crippen LogP contribution in [0.1, 0.15) is 23.2 Å². The molecule has 0 aromatic heterocycles. The molecule has 16 heavy (non-hydrogen) atoms. The highest BCUT2D eigenvalue weighted by Crippen LogP contribution is 2.32. The zero-order valence-corrected chi connectivity index (χ0v) is 8.43. The van der Waals surface area contributed by atoms with Gasteiger partial charge in [-0.3, -0.25) is 4.79 Å². The summed E-state index contributed by atoms with van der Waals surface area (Å²) in [6, 6.07) is 3.84. The minimum absolute atomic E-state index is 0.0121. The molecule has 1 fully saturated rings. The normalized spacial score (nSPS) is 14.5. The molecular formula is C11H11NO4. The molecule has 84 valence electrons. The van der Waals surface area contributed by atoms with Crippen LogP contribution in [0.3, 0.4) is 0 Å². The summed E-state index contributed by atoms with van der Waals surface area (Å²) in [5, 5.41) is 20.8. The van der Waals surface area contributed by atoms with E-state index in [9.17, 15) is 14.7 Å². The van der Waals surface area contributed by atoms with E-state index in [4.69, 9.17) is 5.11 Å². The Balaban J connectivity index is 2.15. The summed E-state index contributed by atoms with van der Waals surface area (Å²) in [5.41, 5.74) is 0.240. The van der Waals surface area contributed by atoms with Gasteiger partial charge in [-0.1, -0.05) is 0 Å². The lowest BCUT2D eigenvalue weighted by Gasteiger charge is -2.07. The van der Waals surface area contributed by atoms with Gasteiger partial charge in [0.25, 0.3) is 0 Å². The third-order valence-corrected chi connectivity index (χ3v) is 2.45. The number of hydrogen-bond acceptors (Lipinski definition) is 3. The zero-order valence-electron chi connectivity index (χ0n) is 8.43. The van der Waals surface area contributed by atoms with Crippen molar-refractivity contribution in [3.05, 3.63) is 23.8 Å². The van der Waals surface area contributed by atoms with Gasteiger partial charge in [-0.2, -0.15) is 0 Å². The summed E-state index contributed by atoms with van der Waals surface area (Å²) < 4.78 is 0. The Labute approximate surface area is 91.7 Å². The third-order valence-electron chi connectivity index (χ3n) is 2.45. The summed E-state index contributed by atoms with van der Waals surface area (Å²) in [6.07, 6.45) is 1.75. The van der Waals surface area contributed by atoms with Gasteiger partial charge in [0.05, 0.1) is 11.3 Å². The van der Waals surface area contributed by atoms with E-state index in [2.05, 4.69) is 5.32 Å². The van der Waals surface area contributed by atoms with Crippen LogP contribution in [0.2, 0.25) is 0 Å². The smallest absolute Gasteiger partial charge is 0.335 e. The van der Waals surface area contributed by atoms with E-state index in [-0.39, 0.29) is 28.8 Å². The fourth-order valence-electron chi connectivity index (χ4n) is 1.35. The molecule has 0 aliphatic heterocycles. The molecule has 0 heterocycles. The topological polar surface area (TPSA) is 86.6 Å². The van der Waals surface area contributed by atoms with Crippen molar-refractivity contribution >= 4 is 17.6 Å². The lowest BCUT2D eigenvalue weighted by atomic mass is 10.2. The number of amides is 1. The predicted molar refractivity (Wildman–Crippen MR) is 56.4 cm³/mol. The van der Waals surface area contributed by atoms with Gasteiger partial charge in [0.15, 0.2) is 0 Å². The average Bonchev–Trinajstić information content (AvgIpc) is 3.03. The Morgan fingerprint density at radius 2 is 2.00 bits per heavy atom. The zero-order chi connectivity index (χ0) is 11.7. The number of carbonyl (C=O) groups is 2. The number of carboxylic acids is 1. The Bertz CT molecular complexity index is 451. The number of benzene rings is 1. The lowest BCUT2D eigenvalue weighted by molar-refractivity contribution is -0.117. The Hall–Kier alpha value is -2.04. The molecular weight excluding hydrogens is 210 g/mol. The highest BCUT2D eigenvalue weighted by atomic mass is 16.4. The number of phenolic OH excluding ortho intramolecular Hbond substituents is 1. The van der Waals surface area contributed by atoms with Crippen LogP contribution in [0.15, 0.2) is 18.2 Å². The van der Waals surface area contributed by atoms with Gasteiger partial charge in [0.1, 0.15) is 5.75 Å². The van der Waals surface area contributed by atoms with E-state index >= 15 is 0 Å². The average molecular weight is 221 g/mol. The standard InChI is InChI=1S/C11H11NO4/c13-9-5-7(11(15)16)3-4-8(9)12-10(14)6-1-2-6/h3-6,13H,1-2H2,(H,12,14)(H,15,16). The quantitative estimate of drug-likeness (QED) is 0.674. The van der Waals surface area contributed by atoms with E-state index in [0.717, 1.165) is 18.9 Å². The maximum atomic E-state index is 11.4. The number of rotatable bonds is 3. The molecule has 0 saturated heterocycles. The molecule has 3 N–H and O–H groups in total. The molecule has 5 nitrogen and oxygen atoms in total. The van der Waals surface area contributed by atoms with Crippen LogP contribution in [0.4, 0.5) is 5.69 Å². The first-order chi connectivity index (χ1) is 7.58. The summed E-state index contributed by atoms with van der Waals surface area (Å²) in [7, 11) is 0. The lowest BCUT2D eigenvalue weighted by Crippen LogP contribution is -2.13. The van der Waals surface area contributed by atoms with E-state index in [1.165, 1.54) is 12.1 Å². The van der Waals surface area contributed by atoms with Gasteiger partial charge < -0.3 is 15.5 Å². The summed E-state index contributed by atoms with van der Waals surface area (Å²) in [4.78, 5) is 22.0. The maximum absolute atomic E-state index is 11.4. The second-order valence-electron chi connectivity index (χ2n) is 3.80. The van der Waals surface area contributed by atoms with Crippen LogP contribution >= 0.6 is 0 Å². The van der Waals surface area contributed by atoms with Crippen molar-refractivity contribution in [1.82, 2.24) is 0 Å². The van der Waals surface area contributed by atoms with Crippen molar-refractivity contribution in [3.8, 4) is 5.75 Å². The molecule has 1 amide bonds. The molecule has 0 unspecified atom stereocenters. The summed E-state index contributed by atoms with van der Waals surface area (Å²) in [5.74, 6) is -1.43. The van der Waals surface area contributed by atoms with Crippen LogP contribution in [-0.2, 0) is 4.79 Å². The Kier molecular flexibility index (Phi) is 2.52. The third kappa shape index (κ3) is 2.13. The van der Waals surface area contributed by atoms with Crippen molar-refractivity contribution in [3.63, 3.8) is 0 Å².